The molecule has 0 aliphatic heterocycles. The fourth-order valence-corrected chi connectivity index (χ4v) is 4.92. The molecule has 0 radical (unpaired) electrons. The number of halogens is 2. The Balaban J connectivity index is 0.000000342. The first-order valence-electron chi connectivity index (χ1n) is 15.7. The quantitative estimate of drug-likeness (QED) is 0.0851. The van der Waals surface area contributed by atoms with E-state index >= 15 is 0 Å². The molecule has 0 spiro atoms. The summed E-state index contributed by atoms with van der Waals surface area (Å²) >= 11 is 12.2. The fraction of sp³-hybridized carbons (Fsp3) is 0.111. The van der Waals surface area contributed by atoms with Gasteiger partial charge in [-0.2, -0.15) is 10.2 Å². The van der Waals surface area contributed by atoms with Crippen LogP contribution < -0.4 is 16.9 Å². The number of azo groups is 2. The monoisotopic (exact) mass is 824 g/mol. The van der Waals surface area contributed by atoms with Crippen LogP contribution in [0.5, 0.6) is 0 Å². The van der Waals surface area contributed by atoms with Crippen molar-refractivity contribution in [1.82, 2.24) is 19.6 Å². The molecule has 0 atom stereocenters. The number of rotatable bonds is 9. The number of aryl methyl sites for hydroxylation is 2. The maximum absolute atomic E-state index is 12.6. The largest absolute Gasteiger partial charge is 1.00 e. The fourth-order valence-electron chi connectivity index (χ4n) is 4.49. The molecule has 16 nitrogen and oxygen atoms in total. The Kier molecular flexibility index (Phi) is 16.2. The average Bonchev–Trinajstić information content (AvgIpc) is 3.61. The van der Waals surface area contributed by atoms with Crippen LogP contribution in [0.25, 0.3) is 11.4 Å². The van der Waals surface area contributed by atoms with Gasteiger partial charge in [0.15, 0.2) is 0 Å². The third kappa shape index (κ3) is 10.8. The smallest absolute Gasteiger partial charge is 0.478 e. The summed E-state index contributed by atoms with van der Waals surface area (Å²) in [5.41, 5.74) is 5.75. The van der Waals surface area contributed by atoms with E-state index in [1.165, 1.54) is 24.3 Å². The van der Waals surface area contributed by atoms with Crippen molar-refractivity contribution in [2.24, 2.45) is 26.2 Å². The molecule has 55 heavy (non-hydrogen) atoms. The maximum Gasteiger partial charge on any atom is 1.00 e. The summed E-state index contributed by atoms with van der Waals surface area (Å²) in [4.78, 5) is 47.5. The molecule has 6 aromatic rings. The van der Waals surface area contributed by atoms with E-state index in [1.54, 1.807) is 86.6 Å². The van der Waals surface area contributed by atoms with Gasteiger partial charge in [-0.05, 0) is 48.5 Å². The molecule has 5 N–H and O–H groups in total. The minimum absolute atomic E-state index is 0. The van der Waals surface area contributed by atoms with Gasteiger partial charge in [-0.25, -0.2) is 29.2 Å². The number of carboxylic acid groups (broad SMARTS) is 2. The number of carboxylic acids is 2. The predicted molar refractivity (Wildman–Crippen MR) is 203 cm³/mol. The van der Waals surface area contributed by atoms with Crippen molar-refractivity contribution >= 4 is 57.9 Å². The third-order valence-corrected chi connectivity index (χ3v) is 7.69. The molecule has 2 heterocycles. The molecule has 0 saturated carbocycles. The summed E-state index contributed by atoms with van der Waals surface area (Å²) in [6, 6.07) is 25.9. The van der Waals surface area contributed by atoms with Crippen molar-refractivity contribution in [3.63, 3.8) is 0 Å². The van der Waals surface area contributed by atoms with E-state index < -0.39 is 23.1 Å². The second-order valence-corrected chi connectivity index (χ2v) is 11.6. The zero-order valence-electron chi connectivity index (χ0n) is 29.9. The Bertz CT molecular complexity index is 2290. The number of aromatic carboxylic acids is 2. The summed E-state index contributed by atoms with van der Waals surface area (Å²) in [6.07, 6.45) is 0. The number of hydrogen-bond donors (Lipinski definition) is 4. The van der Waals surface area contributed by atoms with E-state index in [9.17, 15) is 19.2 Å². The number of aliphatic hydroxyl groups excluding tert-OH is 1. The number of hydrogen-bond acceptors (Lipinski definition) is 12. The number of aliphatic hydroxyl groups is 1. The Morgan fingerprint density at radius 2 is 1.02 bits per heavy atom. The van der Waals surface area contributed by atoms with E-state index in [0.717, 1.165) is 9.36 Å². The number of aromatic nitrogens is 4. The third-order valence-electron chi connectivity index (χ3n) is 7.05. The van der Waals surface area contributed by atoms with Gasteiger partial charge in [-0.3, -0.25) is 0 Å². The van der Waals surface area contributed by atoms with Crippen LogP contribution in [0.15, 0.2) is 127 Å². The topological polar surface area (TPSA) is 240 Å². The first-order valence-corrected chi connectivity index (χ1v) is 16.5. The number of para-hydroxylation sites is 2. The predicted octanol–water partition coefficient (Wildman–Crippen LogP) is 7.10. The average molecular weight is 826 g/mol. The van der Waals surface area contributed by atoms with Gasteiger partial charge in [0.2, 0.25) is 0 Å². The van der Waals surface area contributed by atoms with Gasteiger partial charge in [0.1, 0.15) is 11.1 Å². The summed E-state index contributed by atoms with van der Waals surface area (Å²) in [5, 5.41) is 50.8. The number of nitrogens with two attached hydrogens (primary N) is 1. The molecule has 0 bridgehead atoms. The SMILES string of the molecule is Cc1nn(-c2ccccc2Cl)c(=O)[c-]1N=Nc1ccccc1C(=O)O.Cc1nn(-c2ccccc2Cl)c(=O)[c-]1N=Nc1ccccc1C(=O)O.NCCO.[Cr].[H+]. The van der Waals surface area contributed by atoms with Gasteiger partial charge in [0, 0.05) is 23.9 Å². The molecule has 0 fully saturated rings. The second-order valence-electron chi connectivity index (χ2n) is 10.8. The number of benzene rings is 4. The van der Waals surface area contributed by atoms with Gasteiger partial charge >= 0.3 is 13.4 Å². The van der Waals surface area contributed by atoms with Crippen LogP contribution >= 0.6 is 23.2 Å². The van der Waals surface area contributed by atoms with Crippen LogP contribution in [0, 0.1) is 13.8 Å². The summed E-state index contributed by atoms with van der Waals surface area (Å²) in [6.45, 7) is 3.71. The van der Waals surface area contributed by atoms with E-state index in [2.05, 4.69) is 30.7 Å². The molecule has 0 aliphatic carbocycles. The minimum Gasteiger partial charge on any atom is -0.478 e. The van der Waals surface area contributed by atoms with Crippen molar-refractivity contribution in [1.29, 1.82) is 0 Å². The van der Waals surface area contributed by atoms with Crippen molar-refractivity contribution < 1.29 is 43.7 Å². The maximum atomic E-state index is 12.6. The van der Waals surface area contributed by atoms with Crippen molar-refractivity contribution in [2.75, 3.05) is 13.2 Å². The van der Waals surface area contributed by atoms with Crippen LogP contribution in [0.3, 0.4) is 0 Å². The molecule has 6 rings (SSSR count). The Hall–Kier alpha value is -5.93. The molecular formula is C36H32Cl2CrN9O7-. The van der Waals surface area contributed by atoms with Crippen LogP contribution in [0.4, 0.5) is 22.7 Å². The molecule has 0 saturated heterocycles. The molecule has 19 heteroatoms. The molecule has 2 aromatic heterocycles. The first-order chi connectivity index (χ1) is 25.9. The van der Waals surface area contributed by atoms with E-state index in [0.29, 0.717) is 39.4 Å². The molecule has 0 unspecified atom stereocenters. The first kappa shape index (κ1) is 43.5. The molecule has 0 amide bonds. The van der Waals surface area contributed by atoms with Crippen molar-refractivity contribution in [2.45, 2.75) is 13.8 Å². The van der Waals surface area contributed by atoms with Gasteiger partial charge in [0.25, 0.3) is 0 Å². The molecule has 0 aliphatic rings. The van der Waals surface area contributed by atoms with Crippen LogP contribution in [-0.4, -0.2) is 60.0 Å². The molecule has 284 valence electrons. The number of carbonyl (C=O) groups is 2. The summed E-state index contributed by atoms with van der Waals surface area (Å²) < 4.78 is 2.30. The second kappa shape index (κ2) is 20.5. The van der Waals surface area contributed by atoms with Crippen LogP contribution in [0.1, 0.15) is 33.5 Å². The zero-order chi connectivity index (χ0) is 39.4. The van der Waals surface area contributed by atoms with E-state index in [4.69, 9.17) is 44.3 Å². The van der Waals surface area contributed by atoms with Crippen LogP contribution in [0.2, 0.25) is 10.0 Å². The Morgan fingerprint density at radius 3 is 1.35 bits per heavy atom. The van der Waals surface area contributed by atoms with E-state index in [-0.39, 0.29) is 59.3 Å². The normalized spacial score (nSPS) is 10.7. The number of nitrogens with zero attached hydrogens (tertiary/aromatic N) is 8. The van der Waals surface area contributed by atoms with E-state index in [1.807, 2.05) is 0 Å². The minimum atomic E-state index is -1.12. The zero-order valence-corrected chi connectivity index (χ0v) is 31.7. The van der Waals surface area contributed by atoms with Gasteiger partial charge in [0.05, 0.1) is 50.5 Å². The van der Waals surface area contributed by atoms with Crippen molar-refractivity contribution in [3.05, 3.63) is 150 Å². The van der Waals surface area contributed by atoms with Gasteiger partial charge in [-0.1, -0.05) is 97.0 Å². The van der Waals surface area contributed by atoms with Crippen LogP contribution in [-0.2, 0) is 17.4 Å². The molecule has 4 aromatic carbocycles. The Labute approximate surface area is 334 Å². The Morgan fingerprint density at radius 1 is 0.691 bits per heavy atom. The van der Waals surface area contributed by atoms with Gasteiger partial charge in [-0.15, -0.1) is 11.4 Å². The van der Waals surface area contributed by atoms with Crippen molar-refractivity contribution in [3.8, 4) is 11.4 Å². The standard InChI is InChI=1S/2C17H12ClN4O3.C2H7NO.Cr/c2*1-10-15(20-19-13-8-4-2-6-11(13)17(24)25)16(23)22(21-10)14-9-5-3-7-12(14)18;3-1-2-4;/h2*2-9H,1H3,(H,24,25);4H,1-3H2;/q2*-1;;/p+1. The summed E-state index contributed by atoms with van der Waals surface area (Å²) in [7, 11) is 0. The molecular weight excluding hydrogens is 793 g/mol. The van der Waals surface area contributed by atoms with Gasteiger partial charge < -0.3 is 40.9 Å². The summed E-state index contributed by atoms with van der Waals surface area (Å²) in [5.74, 6) is -2.25.